The number of methoxy groups -OCH3 is 1. The van der Waals surface area contributed by atoms with Crippen molar-refractivity contribution >= 4 is 17.7 Å². The molecule has 3 heterocycles. The van der Waals surface area contributed by atoms with Crippen LogP contribution in [0, 0.1) is 5.92 Å². The maximum atomic E-state index is 13.5. The van der Waals surface area contributed by atoms with Crippen molar-refractivity contribution in [1.29, 1.82) is 0 Å². The number of carbonyl (C=O) groups is 2. The lowest BCUT2D eigenvalue weighted by Crippen LogP contribution is -2.44. The molecule has 1 saturated heterocycles. The molecule has 0 saturated carbocycles. The number of nitrogens with zero attached hydrogens (tertiary/aromatic N) is 2. The van der Waals surface area contributed by atoms with Gasteiger partial charge in [-0.15, -0.1) is 0 Å². The van der Waals surface area contributed by atoms with Gasteiger partial charge in [-0.2, -0.15) is 5.10 Å². The van der Waals surface area contributed by atoms with Crippen LogP contribution in [-0.4, -0.2) is 60.0 Å². The number of likely N-dealkylation sites (tertiary alicyclic amines) is 1. The van der Waals surface area contributed by atoms with Gasteiger partial charge < -0.3 is 29.2 Å². The third-order valence-electron chi connectivity index (χ3n) is 7.75. The molecule has 4 aromatic rings. The van der Waals surface area contributed by atoms with Crippen LogP contribution in [0.15, 0.2) is 79.1 Å². The quantitative estimate of drug-likeness (QED) is 0.284. The summed E-state index contributed by atoms with van der Waals surface area (Å²) in [5.41, 5.74) is 4.20. The van der Waals surface area contributed by atoms with Crippen molar-refractivity contribution < 1.29 is 28.5 Å². The second kappa shape index (κ2) is 12.9. The predicted octanol–water partition coefficient (Wildman–Crippen LogP) is 5.46. The first-order valence-corrected chi connectivity index (χ1v) is 14.4. The van der Waals surface area contributed by atoms with E-state index in [4.69, 9.17) is 18.9 Å². The number of aromatic nitrogens is 2. The third-order valence-corrected chi connectivity index (χ3v) is 7.75. The molecule has 2 aliphatic rings. The van der Waals surface area contributed by atoms with Gasteiger partial charge in [-0.3, -0.25) is 9.89 Å². The van der Waals surface area contributed by atoms with Crippen molar-refractivity contribution in [3.8, 4) is 28.4 Å². The van der Waals surface area contributed by atoms with Crippen molar-refractivity contribution in [1.82, 2.24) is 15.1 Å². The number of piperidine rings is 1. The SMILES string of the molecule is COc1ccc2c(c1)C[C@H](C(=O)Nc1ccc(-c3cn[nH]c3)cc1O[C@@H]1CCCN(C(=O)OCc3ccccc3)C1)CO2. The number of anilines is 1. The maximum Gasteiger partial charge on any atom is 0.410 e. The van der Waals surface area contributed by atoms with Gasteiger partial charge in [0.25, 0.3) is 0 Å². The van der Waals surface area contributed by atoms with Crippen molar-refractivity contribution in [2.75, 3.05) is 32.1 Å². The van der Waals surface area contributed by atoms with E-state index in [-0.39, 0.29) is 37.2 Å². The number of amides is 2. The lowest BCUT2D eigenvalue weighted by molar-refractivity contribution is -0.121. The van der Waals surface area contributed by atoms with Gasteiger partial charge >= 0.3 is 6.09 Å². The number of hydrogen-bond donors (Lipinski definition) is 2. The highest BCUT2D eigenvalue weighted by atomic mass is 16.6. The number of rotatable bonds is 8. The lowest BCUT2D eigenvalue weighted by atomic mass is 9.95. The minimum atomic E-state index is -0.384. The van der Waals surface area contributed by atoms with Gasteiger partial charge in [-0.05, 0) is 66.3 Å². The van der Waals surface area contributed by atoms with E-state index >= 15 is 0 Å². The van der Waals surface area contributed by atoms with Gasteiger partial charge in [0.2, 0.25) is 5.91 Å². The first-order chi connectivity index (χ1) is 21.1. The van der Waals surface area contributed by atoms with E-state index in [1.807, 2.05) is 66.7 Å². The average Bonchev–Trinajstić information content (AvgIpc) is 3.60. The highest BCUT2D eigenvalue weighted by Crippen LogP contribution is 2.35. The van der Waals surface area contributed by atoms with Gasteiger partial charge in [0.15, 0.2) is 0 Å². The summed E-state index contributed by atoms with van der Waals surface area (Å²) < 4.78 is 23.3. The summed E-state index contributed by atoms with van der Waals surface area (Å²) in [7, 11) is 1.61. The smallest absolute Gasteiger partial charge is 0.410 e. The highest BCUT2D eigenvalue weighted by Gasteiger charge is 2.29. The first-order valence-electron chi connectivity index (χ1n) is 14.4. The Morgan fingerprint density at radius 2 is 1.98 bits per heavy atom. The number of benzene rings is 3. The summed E-state index contributed by atoms with van der Waals surface area (Å²) in [6.07, 6.45) is 4.96. The van der Waals surface area contributed by atoms with Crippen molar-refractivity contribution in [2.45, 2.75) is 32.0 Å². The van der Waals surface area contributed by atoms with Crippen LogP contribution in [0.4, 0.5) is 10.5 Å². The molecule has 10 nitrogen and oxygen atoms in total. The summed E-state index contributed by atoms with van der Waals surface area (Å²) in [6, 6.07) is 20.9. The molecule has 3 aromatic carbocycles. The van der Waals surface area contributed by atoms with Crippen molar-refractivity contribution in [3.63, 3.8) is 0 Å². The minimum absolute atomic E-state index is 0.163. The largest absolute Gasteiger partial charge is 0.497 e. The molecule has 1 fully saturated rings. The van der Waals surface area contributed by atoms with Crippen LogP contribution in [0.3, 0.4) is 0 Å². The molecule has 2 aliphatic heterocycles. The van der Waals surface area contributed by atoms with Crippen molar-refractivity contribution in [2.24, 2.45) is 5.92 Å². The molecule has 1 aromatic heterocycles. The van der Waals surface area contributed by atoms with Gasteiger partial charge in [0.05, 0.1) is 31.5 Å². The van der Waals surface area contributed by atoms with E-state index in [1.54, 1.807) is 24.4 Å². The Bertz CT molecular complexity index is 1560. The number of hydrogen-bond acceptors (Lipinski definition) is 7. The van der Waals surface area contributed by atoms with E-state index in [1.165, 1.54) is 0 Å². The Hall–Kier alpha value is -4.99. The van der Waals surface area contributed by atoms with Gasteiger partial charge in [0, 0.05) is 18.3 Å². The standard InChI is InChI=1S/C33H34N4O6/c1-40-27-10-12-30-24(15-27)14-25(21-41-30)32(38)36-29-11-9-23(26-17-34-35-18-26)16-31(29)43-28-8-5-13-37(19-28)33(39)42-20-22-6-3-2-4-7-22/h2-4,6-7,9-12,15-18,25,28H,5,8,13-14,19-21H2,1H3,(H,34,35)(H,36,38)/t25-,28+/m0/s1. The topological polar surface area (TPSA) is 115 Å². The van der Waals surface area contributed by atoms with Crippen LogP contribution in [0.5, 0.6) is 17.2 Å². The average molecular weight is 583 g/mol. The van der Waals surface area contributed by atoms with E-state index in [0.29, 0.717) is 30.9 Å². The van der Waals surface area contributed by atoms with Gasteiger partial charge in [-0.1, -0.05) is 36.4 Å². The zero-order valence-corrected chi connectivity index (χ0v) is 24.0. The fourth-order valence-electron chi connectivity index (χ4n) is 5.40. The van der Waals surface area contributed by atoms with Crippen LogP contribution in [-0.2, 0) is 22.6 Å². The van der Waals surface area contributed by atoms with Crippen LogP contribution in [0.1, 0.15) is 24.0 Å². The van der Waals surface area contributed by atoms with Crippen LogP contribution >= 0.6 is 0 Å². The zero-order valence-electron chi connectivity index (χ0n) is 24.0. The van der Waals surface area contributed by atoms with Crippen molar-refractivity contribution in [3.05, 3.63) is 90.3 Å². The fourth-order valence-corrected chi connectivity index (χ4v) is 5.40. The number of carbonyl (C=O) groups excluding carboxylic acids is 2. The Kier molecular flexibility index (Phi) is 8.44. The molecule has 0 bridgehead atoms. The number of ether oxygens (including phenoxy) is 4. The normalized spacial score (nSPS) is 17.7. The second-order valence-electron chi connectivity index (χ2n) is 10.7. The van der Waals surface area contributed by atoms with E-state index in [2.05, 4.69) is 15.5 Å². The van der Waals surface area contributed by atoms with Crippen LogP contribution in [0.25, 0.3) is 11.1 Å². The summed E-state index contributed by atoms with van der Waals surface area (Å²) in [6.45, 7) is 1.47. The molecule has 2 atom stereocenters. The molecule has 0 aliphatic carbocycles. The molecule has 2 N–H and O–H groups in total. The third kappa shape index (κ3) is 6.74. The van der Waals surface area contributed by atoms with Gasteiger partial charge in [0.1, 0.15) is 36.6 Å². The molecule has 0 radical (unpaired) electrons. The second-order valence-corrected chi connectivity index (χ2v) is 10.7. The first kappa shape index (κ1) is 28.1. The number of aromatic amines is 1. The van der Waals surface area contributed by atoms with E-state index in [0.717, 1.165) is 46.6 Å². The molecular weight excluding hydrogens is 548 g/mol. The molecule has 0 unspecified atom stereocenters. The van der Waals surface area contributed by atoms with Gasteiger partial charge in [-0.25, -0.2) is 4.79 Å². The summed E-state index contributed by atoms with van der Waals surface area (Å²) in [4.78, 5) is 28.0. The molecule has 6 rings (SSSR count). The molecule has 222 valence electrons. The highest BCUT2D eigenvalue weighted by molar-refractivity contribution is 5.95. The number of H-pyrrole nitrogens is 1. The molecule has 43 heavy (non-hydrogen) atoms. The molecule has 2 amide bonds. The maximum absolute atomic E-state index is 13.5. The molecule has 10 heteroatoms. The number of nitrogens with one attached hydrogen (secondary N) is 2. The Morgan fingerprint density at radius 1 is 1.09 bits per heavy atom. The summed E-state index contributed by atoms with van der Waals surface area (Å²) >= 11 is 0. The summed E-state index contributed by atoms with van der Waals surface area (Å²) in [5.74, 6) is 1.46. The zero-order chi connectivity index (χ0) is 29.6. The van der Waals surface area contributed by atoms with Crippen LogP contribution in [0.2, 0.25) is 0 Å². The Morgan fingerprint density at radius 3 is 2.79 bits per heavy atom. The van der Waals surface area contributed by atoms with E-state index < -0.39 is 0 Å². The van der Waals surface area contributed by atoms with E-state index in [9.17, 15) is 9.59 Å². The number of fused-ring (bicyclic) bond motifs is 1. The predicted molar refractivity (Wildman–Crippen MR) is 160 cm³/mol. The lowest BCUT2D eigenvalue weighted by Gasteiger charge is -2.33. The Balaban J connectivity index is 1.16. The summed E-state index contributed by atoms with van der Waals surface area (Å²) in [5, 5.41) is 9.96. The fraction of sp³-hybridized carbons (Fsp3) is 0.303. The monoisotopic (exact) mass is 582 g/mol. The molecular formula is C33H34N4O6. The Labute approximate surface area is 249 Å². The molecule has 0 spiro atoms. The van der Waals surface area contributed by atoms with Crippen LogP contribution < -0.4 is 19.5 Å². The minimum Gasteiger partial charge on any atom is -0.497 e.